The highest BCUT2D eigenvalue weighted by Gasteiger charge is 2.28. The lowest BCUT2D eigenvalue weighted by Crippen LogP contribution is -2.43. The molecule has 390 valence electrons. The van der Waals surface area contributed by atoms with Crippen LogP contribution in [-0.4, -0.2) is 64.9 Å². The average molecular weight is 966 g/mol. The molecule has 67 heavy (non-hydrogen) atoms. The number of hydrogen-bond acceptors (Lipinski definition) is 8. The van der Waals surface area contributed by atoms with E-state index in [0.29, 0.717) is 12.8 Å². The van der Waals surface area contributed by atoms with E-state index >= 15 is 0 Å². The highest BCUT2D eigenvalue weighted by molar-refractivity contribution is 7.47. The molecule has 0 aromatic carbocycles. The molecule has 0 saturated heterocycles. The predicted molar refractivity (Wildman–Crippen MR) is 277 cm³/mol. The number of aliphatic carboxylic acids is 1. The van der Waals surface area contributed by atoms with E-state index in [4.69, 9.17) is 13.8 Å². The number of hydrogen-bond donors (Lipinski definition) is 4. The molecule has 0 spiro atoms. The summed E-state index contributed by atoms with van der Waals surface area (Å²) in [5.74, 6) is -2.39. The van der Waals surface area contributed by atoms with Gasteiger partial charge in [-0.25, -0.2) is 9.36 Å². The number of esters is 1. The van der Waals surface area contributed by atoms with E-state index in [0.717, 1.165) is 57.8 Å². The van der Waals surface area contributed by atoms with E-state index in [9.17, 15) is 34.1 Å². The summed E-state index contributed by atoms with van der Waals surface area (Å²) in [6.07, 6.45) is 58.5. The van der Waals surface area contributed by atoms with E-state index in [1.165, 1.54) is 154 Å². The largest absolute Gasteiger partial charge is 0.480 e. The van der Waals surface area contributed by atoms with Crippen LogP contribution in [0, 0.1) is 0 Å². The number of allylic oxidation sites excluding steroid dienone is 8. The monoisotopic (exact) mass is 966 g/mol. The number of nitrogens with one attached hydrogen (secondary N) is 1. The van der Waals surface area contributed by atoms with Crippen molar-refractivity contribution in [2.24, 2.45) is 0 Å². The van der Waals surface area contributed by atoms with Crippen molar-refractivity contribution in [1.82, 2.24) is 5.32 Å². The molecule has 11 nitrogen and oxygen atoms in total. The van der Waals surface area contributed by atoms with E-state index in [2.05, 4.69) is 67.8 Å². The van der Waals surface area contributed by atoms with E-state index in [1.54, 1.807) is 0 Å². The lowest BCUT2D eigenvalue weighted by molar-refractivity contribution is -0.147. The van der Waals surface area contributed by atoms with Crippen LogP contribution >= 0.6 is 7.82 Å². The third-order valence-electron chi connectivity index (χ3n) is 11.9. The number of phosphoric ester groups is 1. The Labute approximate surface area is 409 Å². The highest BCUT2D eigenvalue weighted by atomic mass is 31.2. The van der Waals surface area contributed by atoms with E-state index in [-0.39, 0.29) is 12.8 Å². The van der Waals surface area contributed by atoms with Crippen molar-refractivity contribution in [3.63, 3.8) is 0 Å². The number of aliphatic hydroxyl groups excluding tert-OH is 1. The molecule has 4 N–H and O–H groups in total. The standard InChI is InChI=1S/C55H100NO10P/c1-3-5-7-9-11-13-15-17-19-21-23-24-25-26-27-29-30-32-34-36-38-40-42-44-46-53(58)56-52(55(60)61)50-66-67(62,63)65-49-51(57)48-64-54(59)47-45-43-41-39-37-35-33-31-28-22-20-18-16-14-12-10-8-6-4-2/h12,14,18,20,28,31,35,37,51-52,57H,3-11,13,15-17,19,21-27,29-30,32-34,36,38-50H2,1-2H3,(H,56,58)(H,60,61)(H,62,63)/b14-12-,20-18-,31-28-,37-35-. The van der Waals surface area contributed by atoms with Crippen molar-refractivity contribution in [2.45, 2.75) is 264 Å². The third kappa shape index (κ3) is 49.7. The molecule has 0 bridgehead atoms. The molecule has 0 aliphatic carbocycles. The summed E-state index contributed by atoms with van der Waals surface area (Å²) in [7, 11) is -4.77. The summed E-state index contributed by atoms with van der Waals surface area (Å²) in [4.78, 5) is 46.2. The zero-order valence-electron chi connectivity index (χ0n) is 42.7. The van der Waals surface area contributed by atoms with Gasteiger partial charge in [0, 0.05) is 12.8 Å². The first-order chi connectivity index (χ1) is 32.6. The molecule has 3 unspecified atom stereocenters. The first-order valence-corrected chi connectivity index (χ1v) is 28.7. The van der Waals surface area contributed by atoms with Crippen LogP contribution in [-0.2, 0) is 32.7 Å². The molecule has 0 rings (SSSR count). The van der Waals surface area contributed by atoms with Crippen LogP contribution in [0.2, 0.25) is 0 Å². The Morgan fingerprint density at radius 2 is 0.821 bits per heavy atom. The minimum Gasteiger partial charge on any atom is -0.480 e. The van der Waals surface area contributed by atoms with Crippen LogP contribution in [0.4, 0.5) is 0 Å². The molecule has 0 fully saturated rings. The van der Waals surface area contributed by atoms with Gasteiger partial charge in [-0.2, -0.15) is 0 Å². The Bertz CT molecular complexity index is 1320. The summed E-state index contributed by atoms with van der Waals surface area (Å²) in [5, 5.41) is 21.9. The summed E-state index contributed by atoms with van der Waals surface area (Å²) < 4.78 is 27.0. The quantitative estimate of drug-likeness (QED) is 0.0199. The van der Waals surface area contributed by atoms with Gasteiger partial charge in [0.1, 0.15) is 12.7 Å². The Hall–Kier alpha value is -2.56. The van der Waals surface area contributed by atoms with Crippen LogP contribution in [0.5, 0.6) is 0 Å². The Morgan fingerprint density at radius 1 is 0.478 bits per heavy atom. The van der Waals surface area contributed by atoms with Crippen molar-refractivity contribution in [3.8, 4) is 0 Å². The molecule has 1 amide bonds. The van der Waals surface area contributed by atoms with Crippen LogP contribution < -0.4 is 5.32 Å². The number of carbonyl (C=O) groups is 3. The van der Waals surface area contributed by atoms with Crippen LogP contribution in [0.15, 0.2) is 48.6 Å². The molecule has 0 saturated carbocycles. The van der Waals surface area contributed by atoms with Crippen LogP contribution in [0.3, 0.4) is 0 Å². The molecule has 0 radical (unpaired) electrons. The summed E-state index contributed by atoms with van der Waals surface area (Å²) in [6, 6.07) is -1.55. The Balaban J connectivity index is 3.82. The minimum absolute atomic E-state index is 0.146. The van der Waals surface area contributed by atoms with Crippen LogP contribution in [0.1, 0.15) is 251 Å². The van der Waals surface area contributed by atoms with Gasteiger partial charge in [0.05, 0.1) is 13.2 Å². The van der Waals surface area contributed by atoms with Crippen molar-refractivity contribution >= 4 is 25.7 Å². The van der Waals surface area contributed by atoms with Crippen molar-refractivity contribution in [1.29, 1.82) is 0 Å². The summed E-state index contributed by atoms with van der Waals surface area (Å²) >= 11 is 0. The maximum Gasteiger partial charge on any atom is 0.472 e. The number of ether oxygens (including phenoxy) is 1. The van der Waals surface area contributed by atoms with Crippen molar-refractivity contribution < 1.29 is 47.8 Å². The fourth-order valence-electron chi connectivity index (χ4n) is 7.65. The lowest BCUT2D eigenvalue weighted by atomic mass is 10.0. The second-order valence-electron chi connectivity index (χ2n) is 18.4. The summed E-state index contributed by atoms with van der Waals surface area (Å²) in [5.41, 5.74) is 0. The van der Waals surface area contributed by atoms with Gasteiger partial charge in [-0.1, -0.05) is 229 Å². The highest BCUT2D eigenvalue weighted by Crippen LogP contribution is 2.43. The van der Waals surface area contributed by atoms with Gasteiger partial charge in [0.25, 0.3) is 0 Å². The molecule has 3 atom stereocenters. The zero-order chi connectivity index (χ0) is 49.2. The van der Waals surface area contributed by atoms with Gasteiger partial charge in [0.15, 0.2) is 6.04 Å². The van der Waals surface area contributed by atoms with Gasteiger partial charge in [-0.05, 0) is 57.8 Å². The van der Waals surface area contributed by atoms with Gasteiger partial charge >= 0.3 is 19.8 Å². The number of phosphoric acid groups is 1. The third-order valence-corrected chi connectivity index (χ3v) is 12.8. The topological polar surface area (TPSA) is 169 Å². The molecule has 0 aliphatic heterocycles. The fraction of sp³-hybridized carbons (Fsp3) is 0.800. The smallest absolute Gasteiger partial charge is 0.472 e. The number of carboxylic acids is 1. The SMILES string of the molecule is CCCCC/C=C\C/C=C\C/C=C\C/C=C\CCCCCC(=O)OCC(O)COP(=O)(O)OCC(NC(=O)CCCCCCCCCCCCCCCCCCCCCCCCCC)C(=O)O. The first kappa shape index (κ1) is 64.4. The second kappa shape index (κ2) is 49.8. The van der Waals surface area contributed by atoms with Gasteiger partial charge in [0.2, 0.25) is 5.91 Å². The maximum atomic E-state index is 12.4. The molecule has 0 aromatic rings. The molecule has 0 aliphatic rings. The van der Waals surface area contributed by atoms with E-state index < -0.39 is 57.6 Å². The normalized spacial score (nSPS) is 13.9. The lowest BCUT2D eigenvalue weighted by Gasteiger charge is -2.18. The van der Waals surface area contributed by atoms with Gasteiger partial charge < -0.3 is 25.2 Å². The number of unbranched alkanes of at least 4 members (excludes halogenated alkanes) is 29. The Kier molecular flexibility index (Phi) is 47.9. The first-order valence-electron chi connectivity index (χ1n) is 27.2. The molecule has 12 heteroatoms. The minimum atomic E-state index is -4.77. The van der Waals surface area contributed by atoms with Crippen molar-refractivity contribution in [2.75, 3.05) is 19.8 Å². The number of carboxylic acid groups (broad SMARTS) is 1. The number of amides is 1. The van der Waals surface area contributed by atoms with Gasteiger partial charge in [-0.15, -0.1) is 0 Å². The van der Waals surface area contributed by atoms with Crippen molar-refractivity contribution in [3.05, 3.63) is 48.6 Å². The summed E-state index contributed by atoms with van der Waals surface area (Å²) in [6.45, 7) is 2.58. The molecular formula is C55H100NO10P. The fourth-order valence-corrected chi connectivity index (χ4v) is 8.43. The number of rotatable bonds is 51. The van der Waals surface area contributed by atoms with Gasteiger partial charge in [-0.3, -0.25) is 18.6 Å². The van der Waals surface area contributed by atoms with E-state index in [1.807, 2.05) is 0 Å². The number of aliphatic hydroxyl groups is 1. The van der Waals surface area contributed by atoms with Crippen LogP contribution in [0.25, 0.3) is 0 Å². The number of carbonyl (C=O) groups excluding carboxylic acids is 2. The average Bonchev–Trinajstić information content (AvgIpc) is 3.31. The predicted octanol–water partition coefficient (Wildman–Crippen LogP) is 15.3. The molecule has 0 aromatic heterocycles. The second-order valence-corrected chi connectivity index (χ2v) is 19.9. The molecule has 0 heterocycles. The molecular weight excluding hydrogens is 866 g/mol. The zero-order valence-corrected chi connectivity index (χ0v) is 43.6. The Morgan fingerprint density at radius 3 is 1.25 bits per heavy atom. The maximum absolute atomic E-state index is 12.4.